The van der Waals surface area contributed by atoms with Gasteiger partial charge in [0.25, 0.3) is 0 Å². The molecule has 0 aliphatic carbocycles. The van der Waals surface area contributed by atoms with Crippen molar-refractivity contribution in [3.63, 3.8) is 0 Å². The Labute approximate surface area is 262 Å². The average molecular weight is 609 g/mol. The minimum Gasteiger partial charge on any atom is -0.457 e. The van der Waals surface area contributed by atoms with Crippen molar-refractivity contribution in [2.24, 2.45) is 11.5 Å². The Hall–Kier alpha value is -3.79. The zero-order valence-corrected chi connectivity index (χ0v) is 26.2. The van der Waals surface area contributed by atoms with Crippen molar-refractivity contribution in [1.82, 2.24) is 9.80 Å². The lowest BCUT2D eigenvalue weighted by atomic mass is 10.0. The number of piperidine rings is 1. The van der Waals surface area contributed by atoms with Crippen molar-refractivity contribution < 1.29 is 23.5 Å². The first-order chi connectivity index (χ1) is 21.3. The fourth-order valence-electron chi connectivity index (χ4n) is 4.79. The molecule has 3 aromatic carbocycles. The molecule has 44 heavy (non-hydrogen) atoms. The highest BCUT2D eigenvalue weighted by Crippen LogP contribution is 2.22. The Bertz CT molecular complexity index is 1170. The van der Waals surface area contributed by atoms with Gasteiger partial charge in [-0.3, -0.25) is 14.5 Å². The fraction of sp³-hybridized carbons (Fsp3) is 0.429. The number of carbonyl (C=O) groups is 2. The van der Waals surface area contributed by atoms with Crippen molar-refractivity contribution in [3.8, 4) is 11.5 Å². The van der Waals surface area contributed by atoms with E-state index in [9.17, 15) is 9.18 Å². The summed E-state index contributed by atoms with van der Waals surface area (Å²) in [5.41, 5.74) is 11.6. The van der Waals surface area contributed by atoms with Crippen LogP contribution >= 0.6 is 0 Å². The highest BCUT2D eigenvalue weighted by atomic mass is 19.1. The summed E-state index contributed by atoms with van der Waals surface area (Å²) in [6.07, 6.45) is 7.62. The number of hydrogen-bond donors (Lipinski definition) is 2. The molecule has 2 heterocycles. The molecule has 8 nitrogen and oxygen atoms in total. The van der Waals surface area contributed by atoms with Crippen LogP contribution in [0.5, 0.6) is 11.5 Å². The second-order valence-corrected chi connectivity index (χ2v) is 10.9. The maximum absolute atomic E-state index is 12.9. The molecule has 0 bridgehead atoms. The van der Waals surface area contributed by atoms with Crippen LogP contribution in [0.15, 0.2) is 78.9 Å². The van der Waals surface area contributed by atoms with E-state index in [1.165, 1.54) is 68.5 Å². The highest BCUT2D eigenvalue weighted by Gasteiger charge is 2.18. The Morgan fingerprint density at radius 2 is 1.45 bits per heavy atom. The topological polar surface area (TPSA) is 111 Å². The van der Waals surface area contributed by atoms with E-state index in [0.717, 1.165) is 18.7 Å². The van der Waals surface area contributed by atoms with Gasteiger partial charge in [-0.25, -0.2) is 4.39 Å². The molecule has 2 aliphatic heterocycles. The molecule has 0 spiro atoms. The predicted octanol–water partition coefficient (Wildman–Crippen LogP) is 5.54. The number of rotatable bonds is 9. The van der Waals surface area contributed by atoms with E-state index in [1.54, 1.807) is 12.1 Å². The molecular weight excluding hydrogens is 559 g/mol. The van der Waals surface area contributed by atoms with E-state index < -0.39 is 0 Å². The Morgan fingerprint density at radius 1 is 0.886 bits per heavy atom. The first-order valence-corrected chi connectivity index (χ1v) is 15.3. The van der Waals surface area contributed by atoms with Gasteiger partial charge in [0.2, 0.25) is 12.3 Å². The van der Waals surface area contributed by atoms with Crippen LogP contribution in [0, 0.1) is 5.82 Å². The van der Waals surface area contributed by atoms with Crippen LogP contribution < -0.4 is 16.2 Å². The third kappa shape index (κ3) is 16.2. The van der Waals surface area contributed by atoms with Gasteiger partial charge in [0, 0.05) is 6.04 Å². The van der Waals surface area contributed by atoms with Gasteiger partial charge in [-0.2, -0.15) is 0 Å². The van der Waals surface area contributed by atoms with E-state index in [0.29, 0.717) is 31.5 Å². The molecule has 0 saturated carbocycles. The summed E-state index contributed by atoms with van der Waals surface area (Å²) >= 11 is 0. The number of hydrogen-bond acceptors (Lipinski definition) is 6. The average Bonchev–Trinajstić information content (AvgIpc) is 3.51. The Balaban J connectivity index is 0.000000276. The molecule has 2 fully saturated rings. The summed E-state index contributed by atoms with van der Waals surface area (Å²) in [5, 5.41) is 0. The van der Waals surface area contributed by atoms with Gasteiger partial charge in [-0.05, 0) is 113 Å². The molecular formula is C35H49FN4O4. The van der Waals surface area contributed by atoms with E-state index in [1.807, 2.05) is 42.5 Å². The highest BCUT2D eigenvalue weighted by molar-refractivity contribution is 5.75. The van der Waals surface area contributed by atoms with Gasteiger partial charge in [0.15, 0.2) is 0 Å². The maximum Gasteiger partial charge on any atom is 0.231 e. The number of carbonyl (C=O) groups excluding carboxylic acids is 2. The van der Waals surface area contributed by atoms with Crippen molar-refractivity contribution in [2.45, 2.75) is 58.1 Å². The minimum absolute atomic E-state index is 0.209. The lowest BCUT2D eigenvalue weighted by molar-refractivity contribution is -0.120. The molecule has 4 N–H and O–H groups in total. The number of nitrogens with two attached hydrogens (primary N) is 2. The number of halogens is 1. The summed E-state index contributed by atoms with van der Waals surface area (Å²) in [6, 6.07) is 24.5. The predicted molar refractivity (Wildman–Crippen MR) is 174 cm³/mol. The van der Waals surface area contributed by atoms with E-state index in [-0.39, 0.29) is 18.1 Å². The first-order valence-electron chi connectivity index (χ1n) is 15.3. The second-order valence-electron chi connectivity index (χ2n) is 10.9. The summed E-state index contributed by atoms with van der Waals surface area (Å²) in [4.78, 5) is 23.7. The van der Waals surface area contributed by atoms with Crippen LogP contribution in [0.25, 0.3) is 0 Å². The molecule has 5 rings (SSSR count). The third-order valence-corrected chi connectivity index (χ3v) is 7.25. The molecule has 1 atom stereocenters. The Kier molecular flexibility index (Phi) is 18.1. The Morgan fingerprint density at radius 3 is 1.98 bits per heavy atom. The minimum atomic E-state index is -0.270. The molecule has 1 unspecified atom stereocenters. The van der Waals surface area contributed by atoms with E-state index in [2.05, 4.69) is 41.6 Å². The molecule has 0 aromatic heterocycles. The second kappa shape index (κ2) is 21.8. The van der Waals surface area contributed by atoms with Crippen LogP contribution in [0.2, 0.25) is 0 Å². The molecule has 240 valence electrons. The smallest absolute Gasteiger partial charge is 0.231 e. The number of benzene rings is 3. The summed E-state index contributed by atoms with van der Waals surface area (Å²) in [6.45, 7) is 7.56. The van der Waals surface area contributed by atoms with Gasteiger partial charge >= 0.3 is 0 Å². The van der Waals surface area contributed by atoms with E-state index >= 15 is 0 Å². The monoisotopic (exact) mass is 608 g/mol. The molecule has 2 amide bonds. The van der Waals surface area contributed by atoms with Crippen molar-refractivity contribution in [1.29, 1.82) is 0 Å². The van der Waals surface area contributed by atoms with E-state index in [4.69, 9.17) is 20.0 Å². The van der Waals surface area contributed by atoms with Crippen molar-refractivity contribution in [2.75, 3.05) is 39.8 Å². The van der Waals surface area contributed by atoms with Gasteiger partial charge in [-0.15, -0.1) is 0 Å². The zero-order chi connectivity index (χ0) is 32.0. The molecule has 3 aromatic rings. The lowest BCUT2D eigenvalue weighted by Gasteiger charge is -2.31. The number of nitrogens with zero attached hydrogens (tertiary/aromatic N) is 2. The maximum atomic E-state index is 12.9. The van der Waals surface area contributed by atoms with Crippen molar-refractivity contribution >= 4 is 12.3 Å². The molecule has 2 aliphatic rings. The SMILES string of the molecule is CC1CCCCN1CC(N)=O.CN1CCCC1.Fc1ccc(Oc2ccc(CCOCc3ccccc3)cc2)cc1.NC=O. The van der Waals surface area contributed by atoms with Gasteiger partial charge in [0.05, 0.1) is 19.8 Å². The van der Waals surface area contributed by atoms with Crippen LogP contribution in [0.3, 0.4) is 0 Å². The number of primary amides is 2. The normalized spacial score (nSPS) is 16.2. The number of likely N-dealkylation sites (tertiary alicyclic amines) is 2. The van der Waals surface area contributed by atoms with Crippen LogP contribution in [0.4, 0.5) is 4.39 Å². The zero-order valence-electron chi connectivity index (χ0n) is 26.2. The largest absolute Gasteiger partial charge is 0.457 e. The van der Waals surface area contributed by atoms with Gasteiger partial charge < -0.3 is 25.8 Å². The van der Waals surface area contributed by atoms with Crippen LogP contribution in [-0.2, 0) is 27.4 Å². The van der Waals surface area contributed by atoms with Gasteiger partial charge in [-0.1, -0.05) is 48.9 Å². The van der Waals surface area contributed by atoms with Crippen LogP contribution in [0.1, 0.15) is 50.2 Å². The fourth-order valence-corrected chi connectivity index (χ4v) is 4.79. The number of ether oxygens (including phenoxy) is 2. The standard InChI is InChI=1S/C21H19FO2.C8H16N2O.C5H11N.CH3NO/c22-19-8-12-21(13-9-19)24-20-10-6-17(7-11-20)14-15-23-16-18-4-2-1-3-5-18;1-7-4-2-3-5-10(7)6-8(9)11;1-6-4-2-3-5-6;2-1-3/h1-13H,14-16H2;7H,2-6H2,1H3,(H2,9,11);2-5H2,1H3;1H,(H2,2,3). The van der Waals surface area contributed by atoms with Crippen molar-refractivity contribution in [3.05, 3.63) is 95.8 Å². The van der Waals surface area contributed by atoms with Crippen LogP contribution in [-0.4, -0.2) is 68.0 Å². The quantitative estimate of drug-likeness (QED) is 0.244. The number of amides is 2. The molecule has 0 radical (unpaired) electrons. The summed E-state index contributed by atoms with van der Waals surface area (Å²) in [5.74, 6) is 0.873. The lowest BCUT2D eigenvalue weighted by Crippen LogP contribution is -2.42. The summed E-state index contributed by atoms with van der Waals surface area (Å²) in [7, 11) is 2.17. The third-order valence-electron chi connectivity index (χ3n) is 7.25. The van der Waals surface area contributed by atoms with Gasteiger partial charge in [0.1, 0.15) is 17.3 Å². The molecule has 2 saturated heterocycles. The summed E-state index contributed by atoms with van der Waals surface area (Å²) < 4.78 is 24.2. The molecule has 9 heteroatoms. The first kappa shape index (κ1) is 36.4.